The van der Waals surface area contributed by atoms with E-state index in [4.69, 9.17) is 22.3 Å². The van der Waals surface area contributed by atoms with Gasteiger partial charge in [0.25, 0.3) is 0 Å². The van der Waals surface area contributed by atoms with E-state index in [2.05, 4.69) is 0 Å². The molecule has 0 unspecified atom stereocenters. The number of nitrogen functional groups attached to an aromatic ring is 2. The second-order valence-corrected chi connectivity index (χ2v) is 2.40. The normalized spacial score (nSPS) is 8.62. The van der Waals surface area contributed by atoms with Gasteiger partial charge in [-0.05, 0) is 0 Å². The number of rotatable bonds is 2. The second kappa shape index (κ2) is 4.47. The van der Waals surface area contributed by atoms with Gasteiger partial charge in [-0.25, -0.2) is 0 Å². The molecule has 1 aromatic carbocycles. The van der Waals surface area contributed by atoms with Crippen molar-refractivity contribution >= 4 is 24.1 Å². The third kappa shape index (κ3) is 2.76. The van der Waals surface area contributed by atoms with Crippen molar-refractivity contribution in [3.05, 3.63) is 35.4 Å². The highest BCUT2D eigenvalue weighted by Gasteiger charge is 1.97. The first-order valence-corrected chi connectivity index (χ1v) is 3.40. The van der Waals surface area contributed by atoms with Gasteiger partial charge in [0, 0.05) is 11.1 Å². The largest absolute Gasteiger partial charge is 0.384 e. The Morgan fingerprint density at radius 2 is 1.08 bits per heavy atom. The molecular weight excluding hydrogens is 188 g/mol. The molecular formula is C8H11ClN4. The van der Waals surface area contributed by atoms with Gasteiger partial charge in [-0.3, -0.25) is 10.8 Å². The molecule has 13 heavy (non-hydrogen) atoms. The van der Waals surface area contributed by atoms with E-state index in [1.165, 1.54) is 0 Å². The second-order valence-electron chi connectivity index (χ2n) is 2.40. The van der Waals surface area contributed by atoms with Gasteiger partial charge in [0.2, 0.25) is 0 Å². The molecule has 4 nitrogen and oxygen atoms in total. The number of amidine groups is 2. The van der Waals surface area contributed by atoms with Gasteiger partial charge in [0.15, 0.2) is 0 Å². The molecule has 0 aromatic heterocycles. The lowest BCUT2D eigenvalue weighted by molar-refractivity contribution is 1.40. The Bertz CT molecular complexity index is 284. The Balaban J connectivity index is 0.00000144. The first-order valence-electron chi connectivity index (χ1n) is 3.40. The molecule has 70 valence electrons. The maximum atomic E-state index is 7.11. The SMILES string of the molecule is Cl.N=C(N)c1ccc(C(=N)N)cc1. The summed E-state index contributed by atoms with van der Waals surface area (Å²) < 4.78 is 0. The Morgan fingerprint density at radius 3 is 1.23 bits per heavy atom. The lowest BCUT2D eigenvalue weighted by Gasteiger charge is -1.99. The number of benzene rings is 1. The first-order chi connectivity index (χ1) is 5.61. The van der Waals surface area contributed by atoms with E-state index in [9.17, 15) is 0 Å². The number of nitrogens with two attached hydrogens (primary N) is 2. The van der Waals surface area contributed by atoms with Crippen LogP contribution in [0.3, 0.4) is 0 Å². The summed E-state index contributed by atoms with van der Waals surface area (Å²) in [5.74, 6) is 0.0372. The van der Waals surface area contributed by atoms with E-state index in [0.29, 0.717) is 11.1 Å². The van der Waals surface area contributed by atoms with Crippen LogP contribution in [0.1, 0.15) is 11.1 Å². The molecule has 1 aromatic rings. The molecule has 0 radical (unpaired) electrons. The smallest absolute Gasteiger partial charge is 0.122 e. The predicted molar refractivity (Wildman–Crippen MR) is 55.7 cm³/mol. The standard InChI is InChI=1S/C8H10N4.ClH/c9-7(10)5-1-2-6(4-3-5)8(11)12;/h1-4H,(H3,9,10)(H3,11,12);1H. The zero-order valence-electron chi connectivity index (χ0n) is 6.87. The average Bonchev–Trinajstić information content (AvgIpc) is 2.04. The number of hydrogen-bond acceptors (Lipinski definition) is 2. The Kier molecular flexibility index (Phi) is 3.94. The first kappa shape index (κ1) is 11.4. The monoisotopic (exact) mass is 198 g/mol. The maximum absolute atomic E-state index is 7.11. The molecule has 1 rings (SSSR count). The lowest BCUT2D eigenvalue weighted by Crippen LogP contribution is -2.13. The van der Waals surface area contributed by atoms with Crippen molar-refractivity contribution < 1.29 is 0 Å². The minimum Gasteiger partial charge on any atom is -0.384 e. The summed E-state index contributed by atoms with van der Waals surface area (Å²) in [7, 11) is 0. The average molecular weight is 199 g/mol. The maximum Gasteiger partial charge on any atom is 0.122 e. The predicted octanol–water partition coefficient (Wildman–Crippen LogP) is 0.677. The molecule has 0 aliphatic carbocycles. The molecule has 6 N–H and O–H groups in total. The quantitative estimate of drug-likeness (QED) is 0.415. The molecule has 0 saturated carbocycles. The summed E-state index contributed by atoms with van der Waals surface area (Å²) in [6.07, 6.45) is 0. The van der Waals surface area contributed by atoms with Crippen molar-refractivity contribution in [3.8, 4) is 0 Å². The van der Waals surface area contributed by atoms with E-state index < -0.39 is 0 Å². The summed E-state index contributed by atoms with van der Waals surface area (Å²) in [6, 6.07) is 6.66. The molecule has 0 aliphatic rings. The van der Waals surface area contributed by atoms with Gasteiger partial charge in [-0.1, -0.05) is 24.3 Å². The van der Waals surface area contributed by atoms with Crippen LogP contribution in [-0.4, -0.2) is 11.7 Å². The molecule has 0 aliphatic heterocycles. The fourth-order valence-corrected chi connectivity index (χ4v) is 0.829. The lowest BCUT2D eigenvalue weighted by atomic mass is 10.1. The van der Waals surface area contributed by atoms with Gasteiger partial charge in [-0.2, -0.15) is 0 Å². The van der Waals surface area contributed by atoms with Crippen LogP contribution in [0.5, 0.6) is 0 Å². The van der Waals surface area contributed by atoms with Crippen molar-refractivity contribution in [2.75, 3.05) is 0 Å². The third-order valence-corrected chi connectivity index (χ3v) is 1.51. The number of halogens is 1. The van der Waals surface area contributed by atoms with E-state index in [1.54, 1.807) is 24.3 Å². The molecule has 0 heterocycles. The minimum atomic E-state index is 0. The van der Waals surface area contributed by atoms with E-state index in [1.807, 2.05) is 0 Å². The highest BCUT2D eigenvalue weighted by atomic mass is 35.5. The summed E-state index contributed by atoms with van der Waals surface area (Å²) >= 11 is 0. The van der Waals surface area contributed by atoms with E-state index >= 15 is 0 Å². The fraction of sp³-hybridized carbons (Fsp3) is 0. The Labute approximate surface area is 82.4 Å². The highest BCUT2D eigenvalue weighted by Crippen LogP contribution is 2.02. The molecule has 0 bridgehead atoms. The Hall–Kier alpha value is -1.55. The summed E-state index contributed by atoms with van der Waals surface area (Å²) in [5, 5.41) is 14.2. The van der Waals surface area contributed by atoms with Crippen LogP contribution in [0.15, 0.2) is 24.3 Å². The van der Waals surface area contributed by atoms with Gasteiger partial charge in [0.1, 0.15) is 11.7 Å². The van der Waals surface area contributed by atoms with Crippen LogP contribution in [0, 0.1) is 10.8 Å². The molecule has 0 saturated heterocycles. The zero-order valence-corrected chi connectivity index (χ0v) is 7.69. The fourth-order valence-electron chi connectivity index (χ4n) is 0.829. The van der Waals surface area contributed by atoms with Crippen LogP contribution < -0.4 is 11.5 Å². The van der Waals surface area contributed by atoms with Crippen LogP contribution in [-0.2, 0) is 0 Å². The minimum absolute atomic E-state index is 0. The highest BCUT2D eigenvalue weighted by molar-refractivity contribution is 5.98. The van der Waals surface area contributed by atoms with Crippen LogP contribution >= 0.6 is 12.4 Å². The summed E-state index contributed by atoms with van der Waals surface area (Å²) in [4.78, 5) is 0. The van der Waals surface area contributed by atoms with Crippen LogP contribution in [0.2, 0.25) is 0 Å². The number of hydrogen-bond donors (Lipinski definition) is 4. The number of nitrogens with one attached hydrogen (secondary N) is 2. The summed E-state index contributed by atoms with van der Waals surface area (Å²) in [5.41, 5.74) is 11.8. The van der Waals surface area contributed by atoms with E-state index in [0.717, 1.165) is 0 Å². The topological polar surface area (TPSA) is 99.7 Å². The van der Waals surface area contributed by atoms with Crippen molar-refractivity contribution in [3.63, 3.8) is 0 Å². The molecule has 5 heteroatoms. The third-order valence-electron chi connectivity index (χ3n) is 1.51. The van der Waals surface area contributed by atoms with Crippen LogP contribution in [0.4, 0.5) is 0 Å². The molecule has 0 fully saturated rings. The Morgan fingerprint density at radius 1 is 0.846 bits per heavy atom. The van der Waals surface area contributed by atoms with Crippen molar-refractivity contribution in [2.24, 2.45) is 11.5 Å². The van der Waals surface area contributed by atoms with Gasteiger partial charge >= 0.3 is 0 Å². The molecule has 0 amide bonds. The van der Waals surface area contributed by atoms with Crippen molar-refractivity contribution in [1.29, 1.82) is 10.8 Å². The molecule has 0 spiro atoms. The summed E-state index contributed by atoms with van der Waals surface area (Å²) in [6.45, 7) is 0. The van der Waals surface area contributed by atoms with Gasteiger partial charge < -0.3 is 11.5 Å². The van der Waals surface area contributed by atoms with Crippen molar-refractivity contribution in [1.82, 2.24) is 0 Å². The zero-order chi connectivity index (χ0) is 9.14. The van der Waals surface area contributed by atoms with Crippen LogP contribution in [0.25, 0.3) is 0 Å². The van der Waals surface area contributed by atoms with Gasteiger partial charge in [-0.15, -0.1) is 12.4 Å². The van der Waals surface area contributed by atoms with E-state index in [-0.39, 0.29) is 24.1 Å². The molecule has 0 atom stereocenters. The van der Waals surface area contributed by atoms with Crippen molar-refractivity contribution in [2.45, 2.75) is 0 Å². The van der Waals surface area contributed by atoms with Gasteiger partial charge in [0.05, 0.1) is 0 Å².